The lowest BCUT2D eigenvalue weighted by Crippen LogP contribution is -2.45. The molecule has 0 aromatic rings. The van der Waals surface area contributed by atoms with E-state index in [1.54, 1.807) is 6.08 Å². The Morgan fingerprint density at radius 3 is 1.05 bits per heavy atom. The van der Waals surface area contributed by atoms with Gasteiger partial charge in [-0.25, -0.2) is 0 Å². The van der Waals surface area contributed by atoms with Crippen LogP contribution in [0.2, 0.25) is 0 Å². The quantitative estimate of drug-likeness (QED) is 0.0366. The molecule has 328 valence electrons. The number of allylic oxidation sites excluding steroid dienone is 1. The summed E-state index contributed by atoms with van der Waals surface area (Å²) in [4.78, 5) is 12.5. The first kappa shape index (κ1) is 54.1. The fourth-order valence-corrected chi connectivity index (χ4v) is 7.99. The molecule has 0 aliphatic rings. The molecule has 55 heavy (non-hydrogen) atoms. The first-order valence-corrected chi connectivity index (χ1v) is 25.0. The van der Waals surface area contributed by atoms with Gasteiger partial charge in [-0.05, 0) is 19.3 Å². The third kappa shape index (κ3) is 42.5. The maximum absolute atomic E-state index is 12.5. The number of carbonyl (C=O) groups excluding carboxylic acids is 1. The lowest BCUT2D eigenvalue weighted by Gasteiger charge is -2.21. The third-order valence-corrected chi connectivity index (χ3v) is 11.8. The van der Waals surface area contributed by atoms with E-state index in [-0.39, 0.29) is 18.9 Å². The van der Waals surface area contributed by atoms with Crippen LogP contribution in [0.3, 0.4) is 0 Å². The molecule has 0 aliphatic carbocycles. The van der Waals surface area contributed by atoms with E-state index in [1.807, 2.05) is 6.08 Å². The third-order valence-electron chi connectivity index (χ3n) is 11.8. The monoisotopic (exact) mass is 778 g/mol. The van der Waals surface area contributed by atoms with Gasteiger partial charge in [-0.2, -0.15) is 0 Å². The van der Waals surface area contributed by atoms with E-state index in [2.05, 4.69) is 19.2 Å². The van der Waals surface area contributed by atoms with Gasteiger partial charge in [-0.15, -0.1) is 0 Å². The number of rotatable bonds is 46. The lowest BCUT2D eigenvalue weighted by molar-refractivity contribution is -0.124. The molecular weight excluding hydrogens is 679 g/mol. The van der Waals surface area contributed by atoms with Crippen LogP contribution in [-0.4, -0.2) is 46.1 Å². The van der Waals surface area contributed by atoms with Gasteiger partial charge in [0.2, 0.25) is 5.91 Å². The molecule has 0 saturated heterocycles. The number of aliphatic hydroxyl groups excluding tert-OH is 3. The highest BCUT2D eigenvalue weighted by Crippen LogP contribution is 2.17. The van der Waals surface area contributed by atoms with Crippen LogP contribution in [0.5, 0.6) is 0 Å². The first-order valence-electron chi connectivity index (χ1n) is 25.0. The molecule has 0 spiro atoms. The second kappa shape index (κ2) is 45.8. The molecule has 3 atom stereocenters. The Hall–Kier alpha value is -0.910. The molecule has 0 bridgehead atoms. The molecule has 0 rings (SSSR count). The van der Waals surface area contributed by atoms with Crippen LogP contribution in [0.15, 0.2) is 12.2 Å². The van der Waals surface area contributed by atoms with Gasteiger partial charge in [0, 0.05) is 0 Å². The number of unbranched alkanes of at least 4 members (excludes halogenated alkanes) is 37. The zero-order valence-corrected chi connectivity index (χ0v) is 37.3. The van der Waals surface area contributed by atoms with Crippen molar-refractivity contribution in [2.24, 2.45) is 0 Å². The molecule has 0 aromatic carbocycles. The second-order valence-electron chi connectivity index (χ2n) is 17.4. The summed E-state index contributed by atoms with van der Waals surface area (Å²) in [6, 6.07) is -0.739. The first-order chi connectivity index (χ1) is 27.0. The molecule has 0 aliphatic heterocycles. The van der Waals surface area contributed by atoms with Crippen molar-refractivity contribution in [3.05, 3.63) is 12.2 Å². The normalized spacial score (nSPS) is 13.5. The van der Waals surface area contributed by atoms with Gasteiger partial charge in [-0.1, -0.05) is 264 Å². The van der Waals surface area contributed by atoms with Gasteiger partial charge in [0.1, 0.15) is 0 Å². The number of hydrogen-bond donors (Lipinski definition) is 4. The molecule has 0 heterocycles. The maximum Gasteiger partial charge on any atom is 0.222 e. The van der Waals surface area contributed by atoms with Gasteiger partial charge in [-0.3, -0.25) is 4.79 Å². The van der Waals surface area contributed by atoms with E-state index in [0.717, 1.165) is 25.7 Å². The highest BCUT2D eigenvalue weighted by atomic mass is 16.3. The van der Waals surface area contributed by atoms with E-state index in [1.165, 1.54) is 225 Å². The van der Waals surface area contributed by atoms with Crippen LogP contribution in [-0.2, 0) is 4.79 Å². The highest BCUT2D eigenvalue weighted by Gasteiger charge is 2.20. The highest BCUT2D eigenvalue weighted by molar-refractivity contribution is 5.76. The summed E-state index contributed by atoms with van der Waals surface area (Å²) < 4.78 is 0. The summed E-state index contributed by atoms with van der Waals surface area (Å²) in [6.07, 6.45) is 55.2. The molecule has 0 saturated carbocycles. The SMILES string of the molecule is CCCCCCCCCCCCCCC/C=C/C(O)C(CO)NC(=O)CC(O)CCCCCCCCCCCCCCCCCCCCCCCCCCC. The van der Waals surface area contributed by atoms with Crippen molar-refractivity contribution in [3.63, 3.8) is 0 Å². The lowest BCUT2D eigenvalue weighted by atomic mass is 10.0. The Morgan fingerprint density at radius 2 is 0.745 bits per heavy atom. The van der Waals surface area contributed by atoms with Crippen LogP contribution >= 0.6 is 0 Å². The average Bonchev–Trinajstić information content (AvgIpc) is 3.18. The topological polar surface area (TPSA) is 89.8 Å². The van der Waals surface area contributed by atoms with Crippen molar-refractivity contribution in [2.45, 2.75) is 295 Å². The molecule has 3 unspecified atom stereocenters. The number of carbonyl (C=O) groups is 1. The summed E-state index contributed by atoms with van der Waals surface area (Å²) in [5, 5.41) is 33.3. The number of nitrogens with one attached hydrogen (secondary N) is 1. The maximum atomic E-state index is 12.5. The Labute approximate surface area is 344 Å². The van der Waals surface area contributed by atoms with Crippen LogP contribution < -0.4 is 5.32 Å². The number of amides is 1. The summed E-state index contributed by atoms with van der Waals surface area (Å²) in [5.74, 6) is -0.310. The molecule has 5 heteroatoms. The molecule has 0 aromatic heterocycles. The van der Waals surface area contributed by atoms with Gasteiger partial charge in [0.15, 0.2) is 0 Å². The van der Waals surface area contributed by atoms with Crippen LogP contribution in [0.25, 0.3) is 0 Å². The minimum absolute atomic E-state index is 0.0191. The predicted octanol–water partition coefficient (Wildman–Crippen LogP) is 14.8. The summed E-state index contributed by atoms with van der Waals surface area (Å²) in [7, 11) is 0. The Morgan fingerprint density at radius 1 is 0.455 bits per heavy atom. The number of aliphatic hydroxyl groups is 3. The summed E-state index contributed by atoms with van der Waals surface area (Å²) >= 11 is 0. The summed E-state index contributed by atoms with van der Waals surface area (Å²) in [5.41, 5.74) is 0. The summed E-state index contributed by atoms with van der Waals surface area (Å²) in [6.45, 7) is 4.24. The van der Waals surface area contributed by atoms with Crippen molar-refractivity contribution in [1.82, 2.24) is 5.32 Å². The largest absolute Gasteiger partial charge is 0.394 e. The Bertz CT molecular complexity index is 773. The van der Waals surface area contributed by atoms with E-state index >= 15 is 0 Å². The van der Waals surface area contributed by atoms with E-state index in [4.69, 9.17) is 0 Å². The minimum atomic E-state index is -0.924. The fraction of sp³-hybridized carbons (Fsp3) is 0.940. The molecule has 4 N–H and O–H groups in total. The second-order valence-corrected chi connectivity index (χ2v) is 17.4. The Kier molecular flexibility index (Phi) is 45.0. The van der Waals surface area contributed by atoms with E-state index < -0.39 is 18.2 Å². The number of hydrogen-bond acceptors (Lipinski definition) is 4. The van der Waals surface area contributed by atoms with Crippen LogP contribution in [0, 0.1) is 0 Å². The van der Waals surface area contributed by atoms with Crippen LogP contribution in [0.1, 0.15) is 277 Å². The molecule has 1 amide bonds. The van der Waals surface area contributed by atoms with E-state index in [0.29, 0.717) is 6.42 Å². The van der Waals surface area contributed by atoms with Crippen molar-refractivity contribution in [3.8, 4) is 0 Å². The van der Waals surface area contributed by atoms with Gasteiger partial charge in [0.05, 0.1) is 31.3 Å². The zero-order chi connectivity index (χ0) is 40.1. The van der Waals surface area contributed by atoms with Gasteiger partial charge in [0.25, 0.3) is 0 Å². The standard InChI is InChI=1S/C50H99NO4/c1-3-5-7-9-11-13-15-17-19-20-21-22-23-24-25-26-27-28-30-31-33-35-37-39-41-43-47(53)45-50(55)51-48(46-52)49(54)44-42-40-38-36-34-32-29-18-16-14-12-10-8-6-4-2/h42,44,47-49,52-54H,3-41,43,45-46H2,1-2H3,(H,51,55)/b44-42+. The smallest absolute Gasteiger partial charge is 0.222 e. The van der Waals surface area contributed by atoms with Gasteiger partial charge < -0.3 is 20.6 Å². The average molecular weight is 778 g/mol. The Balaban J connectivity index is 3.54. The van der Waals surface area contributed by atoms with Gasteiger partial charge >= 0.3 is 0 Å². The molecule has 5 nitrogen and oxygen atoms in total. The molecule has 0 radical (unpaired) electrons. The minimum Gasteiger partial charge on any atom is -0.394 e. The van der Waals surface area contributed by atoms with Crippen molar-refractivity contribution in [1.29, 1.82) is 0 Å². The molecule has 0 fully saturated rings. The van der Waals surface area contributed by atoms with Crippen molar-refractivity contribution >= 4 is 5.91 Å². The molecular formula is C50H99NO4. The van der Waals surface area contributed by atoms with Crippen molar-refractivity contribution < 1.29 is 20.1 Å². The predicted molar refractivity (Wildman–Crippen MR) is 241 cm³/mol. The van der Waals surface area contributed by atoms with E-state index in [9.17, 15) is 20.1 Å². The van der Waals surface area contributed by atoms with Crippen LogP contribution in [0.4, 0.5) is 0 Å². The zero-order valence-electron chi connectivity index (χ0n) is 37.3. The van der Waals surface area contributed by atoms with Crippen molar-refractivity contribution in [2.75, 3.05) is 6.61 Å². The fourth-order valence-electron chi connectivity index (χ4n) is 7.99.